The molecule has 0 rings (SSSR count). The van der Waals surface area contributed by atoms with Crippen molar-refractivity contribution in [2.45, 2.75) is 20.3 Å². The maximum Gasteiger partial charge on any atom is 0.123 e. The molecule has 0 fully saturated rings. The first-order valence-electron chi connectivity index (χ1n) is 3.46. The second kappa shape index (κ2) is 5.30. The number of rotatable bonds is 3. The van der Waals surface area contributed by atoms with Crippen LogP contribution in [0.15, 0.2) is 34.6 Å². The molecule has 0 aliphatic carbocycles. The molecule has 0 spiro atoms. The normalized spacial score (nSPS) is 14.4. The highest BCUT2D eigenvalue weighted by Crippen LogP contribution is 2.16. The molecule has 2 heteroatoms. The van der Waals surface area contributed by atoms with E-state index in [0.717, 1.165) is 12.0 Å². The van der Waals surface area contributed by atoms with E-state index in [1.54, 1.807) is 13.0 Å². The van der Waals surface area contributed by atoms with Crippen LogP contribution in [0.2, 0.25) is 0 Å². The van der Waals surface area contributed by atoms with Gasteiger partial charge in [0, 0.05) is 4.48 Å². The topological polar surface area (TPSA) is 0 Å². The van der Waals surface area contributed by atoms with Crippen LogP contribution in [-0.4, -0.2) is 0 Å². The molecule has 0 saturated carbocycles. The molecule has 0 aliphatic rings. The van der Waals surface area contributed by atoms with Crippen molar-refractivity contribution in [3.05, 3.63) is 34.6 Å². The van der Waals surface area contributed by atoms with Crippen molar-refractivity contribution in [2.24, 2.45) is 0 Å². The van der Waals surface area contributed by atoms with Gasteiger partial charge in [-0.25, -0.2) is 4.39 Å². The van der Waals surface area contributed by atoms with Gasteiger partial charge in [-0.3, -0.25) is 0 Å². The van der Waals surface area contributed by atoms with E-state index >= 15 is 0 Å². The van der Waals surface area contributed by atoms with E-state index in [9.17, 15) is 4.39 Å². The van der Waals surface area contributed by atoms with Gasteiger partial charge in [0.05, 0.1) is 0 Å². The maximum absolute atomic E-state index is 13.0. The maximum atomic E-state index is 13.0. The van der Waals surface area contributed by atoms with Gasteiger partial charge in [0.2, 0.25) is 0 Å². The molecule has 0 heterocycles. The molecule has 0 aromatic heterocycles. The summed E-state index contributed by atoms with van der Waals surface area (Å²) in [4.78, 5) is 0. The van der Waals surface area contributed by atoms with E-state index in [1.807, 2.05) is 6.92 Å². The molecule has 0 amide bonds. The highest BCUT2D eigenvalue weighted by Gasteiger charge is 1.95. The quantitative estimate of drug-likeness (QED) is 0.626. The lowest BCUT2D eigenvalue weighted by Gasteiger charge is -1.95. The van der Waals surface area contributed by atoms with Crippen LogP contribution < -0.4 is 0 Å². The average Bonchev–Trinajstić information content (AvgIpc) is 2.02. The van der Waals surface area contributed by atoms with Gasteiger partial charge in [-0.1, -0.05) is 35.5 Å². The third kappa shape index (κ3) is 4.14. The second-order valence-corrected chi connectivity index (χ2v) is 3.13. The zero-order chi connectivity index (χ0) is 8.85. The Labute approximate surface area is 75.6 Å². The molecule has 0 bridgehead atoms. The third-order valence-corrected chi connectivity index (χ3v) is 1.95. The first kappa shape index (κ1) is 10.6. The van der Waals surface area contributed by atoms with Gasteiger partial charge < -0.3 is 0 Å². The minimum Gasteiger partial charge on any atom is -0.207 e. The highest BCUT2D eigenvalue weighted by atomic mass is 79.9. The number of hydrogen-bond acceptors (Lipinski definition) is 0. The molecule has 0 atom stereocenters. The minimum absolute atomic E-state index is 0.181. The summed E-state index contributed by atoms with van der Waals surface area (Å²) in [6.45, 7) is 7.19. The highest BCUT2D eigenvalue weighted by molar-refractivity contribution is 9.11. The molecule has 0 N–H and O–H groups in total. The van der Waals surface area contributed by atoms with E-state index in [4.69, 9.17) is 0 Å². The van der Waals surface area contributed by atoms with Gasteiger partial charge in [-0.05, 0) is 25.0 Å². The smallest absolute Gasteiger partial charge is 0.123 e. The lowest BCUT2D eigenvalue weighted by atomic mass is 10.2. The Morgan fingerprint density at radius 1 is 1.64 bits per heavy atom. The van der Waals surface area contributed by atoms with Crippen molar-refractivity contribution >= 4 is 15.9 Å². The predicted molar refractivity (Wildman–Crippen MR) is 51.3 cm³/mol. The molecular weight excluding hydrogens is 207 g/mol. The summed E-state index contributed by atoms with van der Waals surface area (Å²) in [6, 6.07) is 0. The number of hydrogen-bond donors (Lipinski definition) is 0. The number of allylic oxidation sites excluding steroid dienone is 5. The van der Waals surface area contributed by atoms with Crippen molar-refractivity contribution < 1.29 is 4.39 Å². The summed E-state index contributed by atoms with van der Waals surface area (Å²) in [5.74, 6) is -0.181. The third-order valence-electron chi connectivity index (χ3n) is 1.40. The Bertz CT molecular complexity index is 202. The van der Waals surface area contributed by atoms with Gasteiger partial charge in [0.1, 0.15) is 5.83 Å². The zero-order valence-corrected chi connectivity index (χ0v) is 8.41. The van der Waals surface area contributed by atoms with E-state index in [2.05, 4.69) is 22.5 Å². The minimum atomic E-state index is -0.181. The SMILES string of the molecule is C=C/C(Br)=C\C(F)=C(/C)CC. The summed E-state index contributed by atoms with van der Waals surface area (Å²) in [6.07, 6.45) is 3.72. The van der Waals surface area contributed by atoms with Crippen LogP contribution in [-0.2, 0) is 0 Å². The van der Waals surface area contributed by atoms with Crippen molar-refractivity contribution in [1.29, 1.82) is 0 Å². The fourth-order valence-corrected chi connectivity index (χ4v) is 0.673. The first-order chi connectivity index (χ1) is 5.11. The monoisotopic (exact) mass is 218 g/mol. The van der Waals surface area contributed by atoms with Crippen LogP contribution in [0.4, 0.5) is 4.39 Å². The molecule has 0 aliphatic heterocycles. The lowest BCUT2D eigenvalue weighted by Crippen LogP contribution is -1.76. The van der Waals surface area contributed by atoms with Gasteiger partial charge in [-0.2, -0.15) is 0 Å². The molecule has 0 radical (unpaired) electrons. The van der Waals surface area contributed by atoms with Gasteiger partial charge in [-0.15, -0.1) is 0 Å². The number of halogens is 2. The largest absolute Gasteiger partial charge is 0.207 e. The van der Waals surface area contributed by atoms with Crippen LogP contribution >= 0.6 is 15.9 Å². The Hall–Kier alpha value is -0.370. The van der Waals surface area contributed by atoms with Gasteiger partial charge in [0.25, 0.3) is 0 Å². The standard InChI is InChI=1S/C9H12BrF/c1-4-7(3)9(11)6-8(10)5-2/h5-6H,2,4H2,1,3H3/b8-6+,9-7-. The van der Waals surface area contributed by atoms with Crippen LogP contribution in [0, 0.1) is 0 Å². The van der Waals surface area contributed by atoms with Gasteiger partial charge >= 0.3 is 0 Å². The Balaban J connectivity index is 4.49. The van der Waals surface area contributed by atoms with Crippen LogP contribution in [0.1, 0.15) is 20.3 Å². The molecule has 0 saturated heterocycles. The summed E-state index contributed by atoms with van der Waals surface area (Å²) < 4.78 is 13.6. The molecule has 0 aromatic carbocycles. The second-order valence-electron chi connectivity index (χ2n) is 2.22. The van der Waals surface area contributed by atoms with E-state index in [0.29, 0.717) is 4.48 Å². The van der Waals surface area contributed by atoms with E-state index < -0.39 is 0 Å². The first-order valence-corrected chi connectivity index (χ1v) is 4.26. The molecule has 0 unspecified atom stereocenters. The van der Waals surface area contributed by atoms with Gasteiger partial charge in [0.15, 0.2) is 0 Å². The zero-order valence-electron chi connectivity index (χ0n) is 6.82. The fourth-order valence-electron chi connectivity index (χ4n) is 0.472. The van der Waals surface area contributed by atoms with Crippen LogP contribution in [0.25, 0.3) is 0 Å². The molecule has 11 heavy (non-hydrogen) atoms. The summed E-state index contributed by atoms with van der Waals surface area (Å²) >= 11 is 3.14. The average molecular weight is 219 g/mol. The Kier molecular flexibility index (Phi) is 5.12. The molecule has 0 aromatic rings. The molecule has 62 valence electrons. The molecule has 0 nitrogen and oxygen atoms in total. The van der Waals surface area contributed by atoms with Crippen molar-refractivity contribution in [3.8, 4) is 0 Å². The van der Waals surface area contributed by atoms with Crippen LogP contribution in [0.5, 0.6) is 0 Å². The van der Waals surface area contributed by atoms with Crippen LogP contribution in [0.3, 0.4) is 0 Å². The van der Waals surface area contributed by atoms with E-state index in [-0.39, 0.29) is 5.83 Å². The summed E-state index contributed by atoms with van der Waals surface area (Å²) in [5.41, 5.74) is 0.754. The summed E-state index contributed by atoms with van der Waals surface area (Å²) in [5, 5.41) is 0. The summed E-state index contributed by atoms with van der Waals surface area (Å²) in [7, 11) is 0. The Morgan fingerprint density at radius 3 is 2.55 bits per heavy atom. The van der Waals surface area contributed by atoms with Crippen molar-refractivity contribution in [1.82, 2.24) is 0 Å². The van der Waals surface area contributed by atoms with Crippen molar-refractivity contribution in [3.63, 3.8) is 0 Å². The predicted octanol–water partition coefficient (Wildman–Crippen LogP) is 4.10. The van der Waals surface area contributed by atoms with Crippen molar-refractivity contribution in [2.75, 3.05) is 0 Å². The molecular formula is C9H12BrF. The lowest BCUT2D eigenvalue weighted by molar-refractivity contribution is 0.648. The Morgan fingerprint density at radius 2 is 2.18 bits per heavy atom. The van der Waals surface area contributed by atoms with E-state index in [1.165, 1.54) is 6.08 Å². The fraction of sp³-hybridized carbons (Fsp3) is 0.333.